The highest BCUT2D eigenvalue weighted by atomic mass is 35.5. The Bertz CT molecular complexity index is 965. The lowest BCUT2D eigenvalue weighted by molar-refractivity contribution is -0.123. The quantitative estimate of drug-likeness (QED) is 0.769. The minimum absolute atomic E-state index is 0.209. The van der Waals surface area contributed by atoms with Crippen molar-refractivity contribution in [3.8, 4) is 0 Å². The van der Waals surface area contributed by atoms with Gasteiger partial charge < -0.3 is 15.0 Å². The van der Waals surface area contributed by atoms with Crippen LogP contribution in [0.5, 0.6) is 0 Å². The van der Waals surface area contributed by atoms with E-state index < -0.39 is 17.8 Å². The zero-order valence-corrected chi connectivity index (χ0v) is 16.0. The van der Waals surface area contributed by atoms with Gasteiger partial charge in [-0.25, -0.2) is 9.37 Å². The molecule has 1 atom stereocenters. The second-order valence-corrected chi connectivity index (χ2v) is 6.97. The van der Waals surface area contributed by atoms with Gasteiger partial charge in [-0.1, -0.05) is 11.6 Å². The molecule has 2 fully saturated rings. The van der Waals surface area contributed by atoms with Crippen molar-refractivity contribution in [2.75, 3.05) is 30.0 Å². The summed E-state index contributed by atoms with van der Waals surface area (Å²) in [6.07, 6.45) is 1.33. The fourth-order valence-electron chi connectivity index (χ4n) is 3.14. The molecule has 0 spiro atoms. The van der Waals surface area contributed by atoms with Crippen LogP contribution in [0.25, 0.3) is 0 Å². The first kappa shape index (κ1) is 18.7. The van der Waals surface area contributed by atoms with Crippen molar-refractivity contribution < 1.29 is 18.7 Å². The molecule has 7 nitrogen and oxygen atoms in total. The summed E-state index contributed by atoms with van der Waals surface area (Å²) in [4.78, 5) is 31.8. The molecule has 2 aliphatic rings. The molecule has 28 heavy (non-hydrogen) atoms. The van der Waals surface area contributed by atoms with E-state index in [0.29, 0.717) is 29.6 Å². The fraction of sp³-hybridized carbons (Fsp3) is 0.222. The molecule has 1 aromatic heterocycles. The molecule has 1 N–H and O–H groups in total. The van der Waals surface area contributed by atoms with Crippen LogP contribution in [0, 0.1) is 5.82 Å². The summed E-state index contributed by atoms with van der Waals surface area (Å²) in [5.41, 5.74) is 0.422. The molecule has 3 heterocycles. The van der Waals surface area contributed by atoms with Gasteiger partial charge in [-0.15, -0.1) is 0 Å². The molecule has 10 heteroatoms. The Labute approximate surface area is 170 Å². The molecule has 1 aromatic carbocycles. The number of pyridine rings is 1. The van der Waals surface area contributed by atoms with E-state index in [-0.39, 0.29) is 23.2 Å². The van der Waals surface area contributed by atoms with Crippen molar-refractivity contribution in [3.05, 3.63) is 53.1 Å². The number of anilines is 2. The Morgan fingerprint density at radius 2 is 2.21 bits per heavy atom. The lowest BCUT2D eigenvalue weighted by Crippen LogP contribution is -2.44. The number of carbonyl (C=O) groups is 2. The molecule has 2 aliphatic heterocycles. The van der Waals surface area contributed by atoms with E-state index in [0.717, 1.165) is 6.07 Å². The van der Waals surface area contributed by atoms with E-state index in [2.05, 4.69) is 10.3 Å². The number of aromatic nitrogens is 1. The van der Waals surface area contributed by atoms with E-state index in [1.54, 1.807) is 12.1 Å². The molecule has 144 valence electrons. The summed E-state index contributed by atoms with van der Waals surface area (Å²) in [5, 5.41) is 3.12. The van der Waals surface area contributed by atoms with Crippen molar-refractivity contribution in [1.29, 1.82) is 0 Å². The topological polar surface area (TPSA) is 74.8 Å². The number of thiocarbonyl (C=S) groups is 1. The molecule has 0 aliphatic carbocycles. The number of morpholine rings is 1. The molecular weight excluding hydrogens is 407 g/mol. The van der Waals surface area contributed by atoms with Gasteiger partial charge in [-0.05, 0) is 42.5 Å². The van der Waals surface area contributed by atoms with Gasteiger partial charge in [0, 0.05) is 18.4 Å². The molecule has 2 saturated heterocycles. The molecule has 4 rings (SSSR count). The van der Waals surface area contributed by atoms with Crippen LogP contribution >= 0.6 is 23.8 Å². The molecule has 0 radical (unpaired) electrons. The minimum atomic E-state index is -0.727. The van der Waals surface area contributed by atoms with Crippen molar-refractivity contribution in [1.82, 2.24) is 9.88 Å². The van der Waals surface area contributed by atoms with Crippen LogP contribution in [0.1, 0.15) is 10.5 Å². The summed E-state index contributed by atoms with van der Waals surface area (Å²) in [7, 11) is 0. The highest BCUT2D eigenvalue weighted by Gasteiger charge is 2.45. The molecule has 2 aromatic rings. The normalized spacial score (nSPS) is 19.0. The molecular formula is C18H14ClFN4O3S. The highest BCUT2D eigenvalue weighted by Crippen LogP contribution is 2.34. The van der Waals surface area contributed by atoms with E-state index in [1.165, 1.54) is 23.2 Å². The van der Waals surface area contributed by atoms with Crippen molar-refractivity contribution >= 4 is 52.1 Å². The molecule has 0 saturated carbocycles. The van der Waals surface area contributed by atoms with Gasteiger partial charge in [0.2, 0.25) is 0 Å². The Balaban J connectivity index is 1.57. The highest BCUT2D eigenvalue weighted by molar-refractivity contribution is 7.80. The first-order chi connectivity index (χ1) is 13.5. The number of amides is 2. The Hall–Kier alpha value is -2.62. The van der Waals surface area contributed by atoms with Crippen LogP contribution in [-0.2, 0) is 9.53 Å². The average molecular weight is 421 g/mol. The minimum Gasteiger partial charge on any atom is -0.377 e. The van der Waals surface area contributed by atoms with Crippen LogP contribution in [0.3, 0.4) is 0 Å². The largest absolute Gasteiger partial charge is 0.377 e. The number of fused-ring (bicyclic) bond motifs is 1. The van der Waals surface area contributed by atoms with Gasteiger partial charge in [0.25, 0.3) is 11.8 Å². The number of nitrogens with zero attached hydrogens (tertiary/aromatic N) is 3. The summed E-state index contributed by atoms with van der Waals surface area (Å²) in [5.74, 6) is -1.64. The van der Waals surface area contributed by atoms with Crippen LogP contribution < -0.4 is 10.2 Å². The van der Waals surface area contributed by atoms with Gasteiger partial charge in [0.05, 0.1) is 23.9 Å². The van der Waals surface area contributed by atoms with E-state index >= 15 is 0 Å². The lowest BCUT2D eigenvalue weighted by Gasteiger charge is -2.28. The summed E-state index contributed by atoms with van der Waals surface area (Å²) < 4.78 is 19.1. The molecule has 0 bridgehead atoms. The Morgan fingerprint density at radius 1 is 1.39 bits per heavy atom. The number of carbonyl (C=O) groups excluding carboxylic acids is 2. The number of benzene rings is 1. The van der Waals surface area contributed by atoms with Crippen LogP contribution in [-0.4, -0.2) is 52.6 Å². The maximum absolute atomic E-state index is 13.7. The van der Waals surface area contributed by atoms with Gasteiger partial charge in [-0.3, -0.25) is 14.5 Å². The summed E-state index contributed by atoms with van der Waals surface area (Å²) >= 11 is 11.8. The number of ether oxygens (including phenoxy) is 1. The monoisotopic (exact) mass is 420 g/mol. The predicted molar refractivity (Wildman–Crippen MR) is 105 cm³/mol. The van der Waals surface area contributed by atoms with Gasteiger partial charge in [0.15, 0.2) is 16.6 Å². The Morgan fingerprint density at radius 3 is 2.93 bits per heavy atom. The maximum atomic E-state index is 13.7. The number of hydrogen-bond acceptors (Lipinski definition) is 5. The number of rotatable bonds is 3. The van der Waals surface area contributed by atoms with Crippen molar-refractivity contribution in [3.63, 3.8) is 0 Å². The second-order valence-electron chi connectivity index (χ2n) is 6.19. The summed E-state index contributed by atoms with van der Waals surface area (Å²) in [6.45, 7) is 1.31. The number of halogens is 2. The smallest absolute Gasteiger partial charge is 0.277 e. The number of nitrogens with one attached hydrogen (secondary N) is 1. The Kier molecular flexibility index (Phi) is 4.96. The third kappa shape index (κ3) is 3.21. The van der Waals surface area contributed by atoms with Crippen molar-refractivity contribution in [2.45, 2.75) is 6.04 Å². The van der Waals surface area contributed by atoms with Crippen LogP contribution in [0.2, 0.25) is 5.02 Å². The third-order valence-electron chi connectivity index (χ3n) is 4.49. The van der Waals surface area contributed by atoms with Crippen LogP contribution in [0.15, 0.2) is 36.5 Å². The molecule has 2 amide bonds. The SMILES string of the molecule is O=C(Nc1ccc(N2C(=O)C3COCCN3C2=S)c(Cl)c1)c1ncccc1F. The number of hydrogen-bond donors (Lipinski definition) is 1. The van der Waals surface area contributed by atoms with Gasteiger partial charge in [0.1, 0.15) is 6.04 Å². The van der Waals surface area contributed by atoms with Gasteiger partial charge in [-0.2, -0.15) is 0 Å². The van der Waals surface area contributed by atoms with E-state index in [9.17, 15) is 14.0 Å². The van der Waals surface area contributed by atoms with Crippen LogP contribution in [0.4, 0.5) is 15.8 Å². The fourth-order valence-corrected chi connectivity index (χ4v) is 3.81. The molecule has 1 unspecified atom stereocenters. The van der Waals surface area contributed by atoms with E-state index in [4.69, 9.17) is 28.6 Å². The zero-order chi connectivity index (χ0) is 19.8. The first-order valence-corrected chi connectivity index (χ1v) is 9.19. The zero-order valence-electron chi connectivity index (χ0n) is 14.4. The van der Waals surface area contributed by atoms with E-state index in [1.807, 2.05) is 4.90 Å². The average Bonchev–Trinajstić information content (AvgIpc) is 2.93. The third-order valence-corrected chi connectivity index (χ3v) is 5.21. The lowest BCUT2D eigenvalue weighted by atomic mass is 10.2. The predicted octanol–water partition coefficient (Wildman–Crippen LogP) is 2.46. The second kappa shape index (κ2) is 7.42. The first-order valence-electron chi connectivity index (χ1n) is 8.41. The maximum Gasteiger partial charge on any atom is 0.277 e. The van der Waals surface area contributed by atoms with Crippen molar-refractivity contribution in [2.24, 2.45) is 0 Å². The standard InChI is InChI=1S/C18H14ClFN4O3S/c19-11-8-10(22-16(25)15-12(20)2-1-5-21-15)3-4-13(11)24-17(26)14-9-27-7-6-23(14)18(24)28/h1-5,8,14H,6-7,9H2,(H,22,25). The van der Waals surface area contributed by atoms with Gasteiger partial charge >= 0.3 is 0 Å². The summed E-state index contributed by atoms with van der Waals surface area (Å²) in [6, 6.07) is 6.70.